The number of nitrogens with two attached hydrogens (primary N) is 1. The molecule has 3 N–H and O–H groups in total. The highest BCUT2D eigenvalue weighted by Crippen LogP contribution is 2.41. The molecule has 0 bridgehead atoms. The number of nitriles is 1. The minimum absolute atomic E-state index is 0.0278. The van der Waals surface area contributed by atoms with Crippen LogP contribution in [0.5, 0.6) is 11.5 Å². The van der Waals surface area contributed by atoms with Crippen LogP contribution in [0.2, 0.25) is 0 Å². The summed E-state index contributed by atoms with van der Waals surface area (Å²) in [4.78, 5) is 12.3. The molecule has 134 valence electrons. The third kappa shape index (κ3) is 3.15. The lowest BCUT2D eigenvalue weighted by molar-refractivity contribution is 0.231. The highest BCUT2D eigenvalue weighted by atomic mass is 16.5. The Labute approximate surface area is 149 Å². The molecule has 1 aromatic heterocycles. The van der Waals surface area contributed by atoms with E-state index in [4.69, 9.17) is 19.6 Å². The Morgan fingerprint density at radius 3 is 2.62 bits per heavy atom. The molecule has 1 atom stereocenters. The maximum absolute atomic E-state index is 12.3. The van der Waals surface area contributed by atoms with E-state index in [9.17, 15) is 15.2 Å². The standard InChI is InChI=1S/C19H18N2O5/c1-10(2)24-12-5-3-11(4-6-12)16-14(8-20)19(21)26-17-15(23)7-13(9-22)25-18(16)17/h3-7,10,16,22H,9,21H2,1-2H3/t16-/m0/s1. The summed E-state index contributed by atoms with van der Waals surface area (Å²) in [6.07, 6.45) is 0.0278. The first-order chi connectivity index (χ1) is 12.4. The van der Waals surface area contributed by atoms with Crippen molar-refractivity contribution >= 4 is 0 Å². The number of ether oxygens (including phenoxy) is 2. The smallest absolute Gasteiger partial charge is 0.228 e. The van der Waals surface area contributed by atoms with E-state index in [1.807, 2.05) is 19.9 Å². The van der Waals surface area contributed by atoms with Crippen molar-refractivity contribution in [1.82, 2.24) is 0 Å². The van der Waals surface area contributed by atoms with Crippen molar-refractivity contribution in [2.75, 3.05) is 0 Å². The Kier molecular flexibility index (Phi) is 4.69. The summed E-state index contributed by atoms with van der Waals surface area (Å²) in [6.45, 7) is 3.40. The van der Waals surface area contributed by atoms with E-state index in [1.54, 1.807) is 24.3 Å². The first-order valence-electron chi connectivity index (χ1n) is 8.06. The first-order valence-corrected chi connectivity index (χ1v) is 8.06. The van der Waals surface area contributed by atoms with Gasteiger partial charge in [0.1, 0.15) is 29.8 Å². The molecule has 0 saturated heterocycles. The maximum Gasteiger partial charge on any atom is 0.228 e. The van der Waals surface area contributed by atoms with Crippen LogP contribution in [0.4, 0.5) is 0 Å². The van der Waals surface area contributed by atoms with E-state index in [1.165, 1.54) is 0 Å². The van der Waals surface area contributed by atoms with Gasteiger partial charge >= 0.3 is 0 Å². The van der Waals surface area contributed by atoms with E-state index >= 15 is 0 Å². The second kappa shape index (κ2) is 6.94. The van der Waals surface area contributed by atoms with Gasteiger partial charge in [-0.2, -0.15) is 5.26 Å². The molecular weight excluding hydrogens is 336 g/mol. The Bertz CT molecular complexity index is 951. The number of hydrogen-bond acceptors (Lipinski definition) is 7. The van der Waals surface area contributed by atoms with Crippen LogP contribution in [0.25, 0.3) is 0 Å². The molecule has 0 aliphatic carbocycles. The van der Waals surface area contributed by atoms with Crippen molar-refractivity contribution in [3.05, 3.63) is 69.1 Å². The van der Waals surface area contributed by atoms with Gasteiger partial charge in [0.2, 0.25) is 17.1 Å². The summed E-state index contributed by atoms with van der Waals surface area (Å²) >= 11 is 0. The molecule has 7 heteroatoms. The van der Waals surface area contributed by atoms with E-state index in [0.29, 0.717) is 11.3 Å². The minimum Gasteiger partial charge on any atom is -0.491 e. The van der Waals surface area contributed by atoms with Gasteiger partial charge in [0.05, 0.1) is 12.0 Å². The van der Waals surface area contributed by atoms with Gasteiger partial charge in [-0.05, 0) is 31.5 Å². The van der Waals surface area contributed by atoms with Crippen molar-refractivity contribution in [2.24, 2.45) is 5.73 Å². The van der Waals surface area contributed by atoms with Crippen molar-refractivity contribution in [3.63, 3.8) is 0 Å². The van der Waals surface area contributed by atoms with Crippen molar-refractivity contribution < 1.29 is 19.0 Å². The lowest BCUT2D eigenvalue weighted by Crippen LogP contribution is -2.25. The summed E-state index contributed by atoms with van der Waals surface area (Å²) in [5, 5.41) is 18.9. The zero-order valence-corrected chi connectivity index (χ0v) is 14.4. The molecule has 0 amide bonds. The lowest BCUT2D eigenvalue weighted by Gasteiger charge is -2.25. The molecule has 0 spiro atoms. The third-order valence-corrected chi connectivity index (χ3v) is 3.87. The molecule has 0 fully saturated rings. The number of aliphatic hydroxyl groups is 1. The van der Waals surface area contributed by atoms with E-state index in [-0.39, 0.29) is 34.8 Å². The van der Waals surface area contributed by atoms with Gasteiger partial charge in [-0.25, -0.2) is 0 Å². The van der Waals surface area contributed by atoms with E-state index in [2.05, 4.69) is 0 Å². The predicted molar refractivity (Wildman–Crippen MR) is 92.4 cm³/mol. The Balaban J connectivity index is 2.14. The number of benzene rings is 1. The average molecular weight is 354 g/mol. The van der Waals surface area contributed by atoms with Crippen LogP contribution in [0.15, 0.2) is 51.0 Å². The molecule has 0 radical (unpaired) electrons. The van der Waals surface area contributed by atoms with Gasteiger partial charge in [-0.3, -0.25) is 4.79 Å². The Morgan fingerprint density at radius 1 is 1.35 bits per heavy atom. The Morgan fingerprint density at radius 2 is 2.04 bits per heavy atom. The average Bonchev–Trinajstić information content (AvgIpc) is 2.61. The molecule has 0 unspecified atom stereocenters. The molecule has 1 aliphatic heterocycles. The van der Waals surface area contributed by atoms with E-state index in [0.717, 1.165) is 6.07 Å². The molecule has 26 heavy (non-hydrogen) atoms. The van der Waals surface area contributed by atoms with Crippen LogP contribution >= 0.6 is 0 Å². The first kappa shape index (κ1) is 17.6. The summed E-state index contributed by atoms with van der Waals surface area (Å²) < 4.78 is 16.6. The predicted octanol–water partition coefficient (Wildman–Crippen LogP) is 2.14. The lowest BCUT2D eigenvalue weighted by atomic mass is 9.87. The quantitative estimate of drug-likeness (QED) is 0.863. The largest absolute Gasteiger partial charge is 0.491 e. The van der Waals surface area contributed by atoms with Crippen LogP contribution < -0.4 is 20.6 Å². The maximum atomic E-state index is 12.3. The topological polar surface area (TPSA) is 119 Å². The molecule has 2 heterocycles. The van der Waals surface area contributed by atoms with Crippen LogP contribution in [-0.2, 0) is 6.61 Å². The molecule has 3 rings (SSSR count). The fraction of sp³-hybridized carbons (Fsp3) is 0.263. The molecule has 2 aromatic rings. The van der Waals surface area contributed by atoms with Gasteiger partial charge in [0, 0.05) is 6.07 Å². The normalized spacial score (nSPS) is 16.0. The number of aliphatic hydroxyl groups excluding tert-OH is 1. The summed E-state index contributed by atoms with van der Waals surface area (Å²) in [7, 11) is 0. The van der Waals surface area contributed by atoms with Crippen molar-refractivity contribution in [3.8, 4) is 17.6 Å². The summed E-state index contributed by atoms with van der Waals surface area (Å²) in [6, 6.07) is 10.2. The SMILES string of the molecule is CC(C)Oc1ccc([C@H]2C(C#N)=C(N)Oc3c2oc(CO)cc3=O)cc1. The monoisotopic (exact) mass is 354 g/mol. The van der Waals surface area contributed by atoms with Gasteiger partial charge in [-0.15, -0.1) is 0 Å². The number of allylic oxidation sites excluding steroid dienone is 1. The molecule has 1 aromatic carbocycles. The molecule has 7 nitrogen and oxygen atoms in total. The highest BCUT2D eigenvalue weighted by Gasteiger charge is 2.35. The van der Waals surface area contributed by atoms with Crippen LogP contribution in [0, 0.1) is 11.3 Å². The van der Waals surface area contributed by atoms with Crippen LogP contribution in [0.1, 0.15) is 36.8 Å². The number of hydrogen-bond donors (Lipinski definition) is 2. The second-order valence-corrected chi connectivity index (χ2v) is 6.09. The van der Waals surface area contributed by atoms with Crippen molar-refractivity contribution in [1.29, 1.82) is 5.26 Å². The van der Waals surface area contributed by atoms with Crippen molar-refractivity contribution in [2.45, 2.75) is 32.5 Å². The third-order valence-electron chi connectivity index (χ3n) is 3.87. The number of nitrogens with zero attached hydrogens (tertiary/aromatic N) is 1. The summed E-state index contributed by atoms with van der Waals surface area (Å²) in [5.74, 6) is -0.0273. The van der Waals surface area contributed by atoms with E-state index < -0.39 is 18.0 Å². The fourth-order valence-corrected chi connectivity index (χ4v) is 2.81. The van der Waals surface area contributed by atoms with Gasteiger partial charge < -0.3 is 24.7 Å². The second-order valence-electron chi connectivity index (χ2n) is 6.09. The Hall–Kier alpha value is -3.24. The van der Waals surface area contributed by atoms with Crippen LogP contribution in [0.3, 0.4) is 0 Å². The summed E-state index contributed by atoms with van der Waals surface area (Å²) in [5.41, 5.74) is 6.19. The fourth-order valence-electron chi connectivity index (χ4n) is 2.81. The zero-order chi connectivity index (χ0) is 18.8. The van der Waals surface area contributed by atoms with Gasteiger partial charge in [0.15, 0.2) is 5.76 Å². The zero-order valence-electron chi connectivity index (χ0n) is 14.4. The number of fused-ring (bicyclic) bond motifs is 1. The number of rotatable bonds is 4. The van der Waals surface area contributed by atoms with Gasteiger partial charge in [0.25, 0.3) is 0 Å². The highest BCUT2D eigenvalue weighted by molar-refractivity contribution is 5.52. The molecular formula is C19H18N2O5. The van der Waals surface area contributed by atoms with Gasteiger partial charge in [-0.1, -0.05) is 12.1 Å². The van der Waals surface area contributed by atoms with Crippen LogP contribution in [-0.4, -0.2) is 11.2 Å². The minimum atomic E-state index is -0.712. The molecule has 1 aliphatic rings. The molecule has 0 saturated carbocycles.